The van der Waals surface area contributed by atoms with Crippen LogP contribution in [-0.2, 0) is 16.1 Å². The zero-order valence-corrected chi connectivity index (χ0v) is 21.7. The number of anilines is 1. The molecular weight excluding hydrogens is 462 g/mol. The SMILES string of the molecule is C=C(/C=C\C=C/C)OC.CN=CS/C(C(=O)NCc1ccccc1)=C1\Sc2ccccc2N1C. The number of thioether (sulfide) groups is 2. The van der Waals surface area contributed by atoms with Crippen LogP contribution in [0.3, 0.4) is 0 Å². The van der Waals surface area contributed by atoms with Crippen LogP contribution in [0.25, 0.3) is 0 Å². The van der Waals surface area contributed by atoms with Gasteiger partial charge < -0.3 is 15.0 Å². The van der Waals surface area contributed by atoms with E-state index in [-0.39, 0.29) is 5.91 Å². The van der Waals surface area contributed by atoms with E-state index in [1.54, 1.807) is 37.5 Å². The van der Waals surface area contributed by atoms with Crippen molar-refractivity contribution in [2.75, 3.05) is 26.1 Å². The second-order valence-electron chi connectivity index (χ2n) is 6.97. The number of methoxy groups -OCH3 is 1. The predicted molar refractivity (Wildman–Crippen MR) is 148 cm³/mol. The molecule has 0 fully saturated rings. The van der Waals surface area contributed by atoms with E-state index in [0.29, 0.717) is 17.2 Å². The number of carbonyl (C=O) groups excluding carboxylic acids is 1. The Morgan fingerprint density at radius 1 is 1.18 bits per heavy atom. The summed E-state index contributed by atoms with van der Waals surface area (Å²) >= 11 is 2.96. The van der Waals surface area contributed by atoms with Gasteiger partial charge in [-0.15, -0.1) is 0 Å². The Labute approximate surface area is 211 Å². The number of nitrogens with zero attached hydrogens (tertiary/aromatic N) is 2. The number of amides is 1. The molecule has 1 aliphatic heterocycles. The van der Waals surface area contributed by atoms with Crippen molar-refractivity contribution in [1.82, 2.24) is 5.32 Å². The monoisotopic (exact) mass is 493 g/mol. The summed E-state index contributed by atoms with van der Waals surface area (Å²) in [5, 5.41) is 3.94. The smallest absolute Gasteiger partial charge is 0.261 e. The van der Waals surface area contributed by atoms with E-state index in [0.717, 1.165) is 21.2 Å². The lowest BCUT2D eigenvalue weighted by atomic mass is 10.2. The Morgan fingerprint density at radius 2 is 1.88 bits per heavy atom. The maximum Gasteiger partial charge on any atom is 0.261 e. The summed E-state index contributed by atoms with van der Waals surface area (Å²) in [6.45, 7) is 6.06. The molecule has 0 atom stereocenters. The average molecular weight is 494 g/mol. The van der Waals surface area contributed by atoms with Gasteiger partial charge in [0.2, 0.25) is 0 Å². The number of fused-ring (bicyclic) bond motifs is 1. The molecule has 2 aromatic rings. The fraction of sp³-hybridized carbons (Fsp3) is 0.185. The largest absolute Gasteiger partial charge is 0.497 e. The second-order valence-corrected chi connectivity index (χ2v) is 8.85. The summed E-state index contributed by atoms with van der Waals surface area (Å²) in [6, 6.07) is 18.1. The van der Waals surface area contributed by atoms with Gasteiger partial charge in [-0.3, -0.25) is 9.79 Å². The minimum atomic E-state index is -0.0871. The van der Waals surface area contributed by atoms with Crippen LogP contribution in [0.4, 0.5) is 5.69 Å². The number of hydrogen-bond donors (Lipinski definition) is 1. The molecule has 0 aromatic heterocycles. The first-order chi connectivity index (χ1) is 16.5. The van der Waals surface area contributed by atoms with Crippen LogP contribution in [-0.4, -0.2) is 32.7 Å². The molecule has 0 spiro atoms. The molecule has 3 rings (SSSR count). The van der Waals surface area contributed by atoms with E-state index < -0.39 is 0 Å². The van der Waals surface area contributed by atoms with E-state index in [2.05, 4.69) is 33.9 Å². The van der Waals surface area contributed by atoms with Gasteiger partial charge in [-0.25, -0.2) is 0 Å². The van der Waals surface area contributed by atoms with Gasteiger partial charge in [0.1, 0.15) is 10.7 Å². The lowest BCUT2D eigenvalue weighted by molar-refractivity contribution is -0.117. The zero-order valence-electron chi connectivity index (χ0n) is 20.0. The molecule has 178 valence electrons. The lowest BCUT2D eigenvalue weighted by Crippen LogP contribution is -2.26. The molecular formula is C27H31N3O2S2. The number of allylic oxidation sites excluding steroid dienone is 4. The minimum Gasteiger partial charge on any atom is -0.497 e. The van der Waals surface area contributed by atoms with Crippen LogP contribution in [0.5, 0.6) is 0 Å². The van der Waals surface area contributed by atoms with Crippen LogP contribution in [0.2, 0.25) is 0 Å². The first kappa shape index (κ1) is 27.1. The maximum absolute atomic E-state index is 12.8. The topological polar surface area (TPSA) is 53.9 Å². The highest BCUT2D eigenvalue weighted by molar-refractivity contribution is 8.17. The molecule has 2 aromatic carbocycles. The summed E-state index contributed by atoms with van der Waals surface area (Å²) in [5.41, 5.74) is 3.89. The van der Waals surface area contributed by atoms with Crippen molar-refractivity contribution in [3.63, 3.8) is 0 Å². The molecule has 34 heavy (non-hydrogen) atoms. The van der Waals surface area contributed by atoms with Gasteiger partial charge in [0.05, 0.1) is 23.4 Å². The summed E-state index contributed by atoms with van der Waals surface area (Å²) < 4.78 is 4.78. The summed E-state index contributed by atoms with van der Waals surface area (Å²) in [5.74, 6) is 0.587. The van der Waals surface area contributed by atoms with Crippen LogP contribution < -0.4 is 10.2 Å². The van der Waals surface area contributed by atoms with Gasteiger partial charge >= 0.3 is 0 Å². The van der Waals surface area contributed by atoms with Crippen molar-refractivity contribution in [1.29, 1.82) is 0 Å². The molecule has 0 aliphatic carbocycles. The van der Waals surface area contributed by atoms with Crippen molar-refractivity contribution in [3.8, 4) is 0 Å². The van der Waals surface area contributed by atoms with Gasteiger partial charge in [-0.2, -0.15) is 0 Å². The molecule has 1 heterocycles. The first-order valence-corrected chi connectivity index (χ1v) is 12.4. The highest BCUT2D eigenvalue weighted by Crippen LogP contribution is 2.47. The highest BCUT2D eigenvalue weighted by atomic mass is 32.2. The van der Waals surface area contributed by atoms with Gasteiger partial charge in [0.15, 0.2) is 0 Å². The molecule has 1 N–H and O–H groups in total. The number of benzene rings is 2. The van der Waals surface area contributed by atoms with Crippen molar-refractivity contribution >= 4 is 40.7 Å². The van der Waals surface area contributed by atoms with Crippen molar-refractivity contribution in [3.05, 3.63) is 107 Å². The van der Waals surface area contributed by atoms with E-state index in [9.17, 15) is 4.79 Å². The normalized spacial score (nSPS) is 14.2. The third-order valence-corrected chi connectivity index (χ3v) is 6.85. The molecule has 1 amide bonds. The van der Waals surface area contributed by atoms with Crippen molar-refractivity contribution in [2.45, 2.75) is 18.4 Å². The zero-order chi connectivity index (χ0) is 24.8. The quantitative estimate of drug-likeness (QED) is 0.152. The highest BCUT2D eigenvalue weighted by Gasteiger charge is 2.27. The third kappa shape index (κ3) is 8.32. The number of rotatable bonds is 8. The Hall–Kier alpha value is -3.16. The molecule has 0 bridgehead atoms. The van der Waals surface area contributed by atoms with E-state index in [1.807, 2.05) is 74.7 Å². The minimum absolute atomic E-state index is 0.0871. The standard InChI is InChI=1S/C19H19N3OS2.C8H12O/c1-20-13-24-17(18(23)21-12-14-8-4-3-5-9-14)19-22(2)15-10-6-7-11-16(15)25-19;1-4-5-6-7-8(2)9-3/h3-11,13H,12H2,1-2H3,(H,21,23);4-7H,2H2,1,3H3/b19-17-,20-13?;5-4-,7-6-. The number of para-hydroxylation sites is 1. The van der Waals surface area contributed by atoms with Crippen LogP contribution in [0.1, 0.15) is 12.5 Å². The van der Waals surface area contributed by atoms with Crippen LogP contribution in [0, 0.1) is 0 Å². The number of carbonyl (C=O) groups is 1. The molecule has 0 saturated carbocycles. The number of nitrogens with one attached hydrogen (secondary N) is 1. The molecule has 1 aliphatic rings. The summed E-state index contributed by atoms with van der Waals surface area (Å²) in [6.07, 6.45) is 7.55. The van der Waals surface area contributed by atoms with E-state index in [1.165, 1.54) is 11.8 Å². The van der Waals surface area contributed by atoms with E-state index >= 15 is 0 Å². The van der Waals surface area contributed by atoms with Crippen molar-refractivity contribution in [2.24, 2.45) is 4.99 Å². The molecule has 5 nitrogen and oxygen atoms in total. The predicted octanol–water partition coefficient (Wildman–Crippen LogP) is 6.38. The van der Waals surface area contributed by atoms with Crippen LogP contribution in [0.15, 0.2) is 111 Å². The summed E-state index contributed by atoms with van der Waals surface area (Å²) in [4.78, 5) is 20.7. The molecule has 0 radical (unpaired) electrons. The lowest BCUT2D eigenvalue weighted by Gasteiger charge is -2.17. The fourth-order valence-corrected chi connectivity index (χ4v) is 4.79. The van der Waals surface area contributed by atoms with Crippen LogP contribution >= 0.6 is 23.5 Å². The van der Waals surface area contributed by atoms with Gasteiger partial charge in [0.25, 0.3) is 5.91 Å². The van der Waals surface area contributed by atoms with Gasteiger partial charge in [0, 0.05) is 25.5 Å². The third-order valence-electron chi connectivity index (χ3n) is 4.56. The maximum atomic E-state index is 12.8. The Balaban J connectivity index is 0.000000387. The molecule has 0 saturated heterocycles. The number of ether oxygens (including phenoxy) is 1. The molecule has 7 heteroatoms. The summed E-state index contributed by atoms with van der Waals surface area (Å²) in [7, 11) is 5.29. The average Bonchev–Trinajstić information content (AvgIpc) is 3.20. The first-order valence-electron chi connectivity index (χ1n) is 10.7. The van der Waals surface area contributed by atoms with Gasteiger partial charge in [-0.05, 0) is 30.7 Å². The Bertz CT molecular complexity index is 1080. The second kappa shape index (κ2) is 14.9. The fourth-order valence-electron chi connectivity index (χ4n) is 2.81. The van der Waals surface area contributed by atoms with Crippen molar-refractivity contribution < 1.29 is 9.53 Å². The van der Waals surface area contributed by atoms with Gasteiger partial charge in [-0.1, -0.05) is 90.8 Å². The van der Waals surface area contributed by atoms with E-state index in [4.69, 9.17) is 4.74 Å². The number of hydrogen-bond acceptors (Lipinski definition) is 6. The Morgan fingerprint density at radius 3 is 2.53 bits per heavy atom. The Kier molecular flexibility index (Phi) is 11.9. The molecule has 0 unspecified atom stereocenters. The number of aliphatic imine (C=N–C) groups is 1.